The first-order valence-electron chi connectivity index (χ1n) is 6.11. The maximum Gasteiger partial charge on any atom is 0.414 e. The lowest BCUT2D eigenvalue weighted by atomic mass is 10.2. The molecule has 21 heavy (non-hydrogen) atoms. The summed E-state index contributed by atoms with van der Waals surface area (Å²) in [5.74, 6) is -1.84. The molecular weight excluding hydrogens is 284 g/mol. The molecule has 1 aromatic heterocycles. The number of aromatic nitrogens is 3. The molecule has 1 atom stereocenters. The summed E-state index contributed by atoms with van der Waals surface area (Å²) >= 11 is 0. The van der Waals surface area contributed by atoms with Crippen LogP contribution in [-0.2, 0) is 11.3 Å². The molecule has 0 radical (unpaired) electrons. The Hall–Kier alpha value is -2.71. The van der Waals surface area contributed by atoms with E-state index in [0.29, 0.717) is 6.54 Å². The second-order valence-corrected chi connectivity index (χ2v) is 4.56. The van der Waals surface area contributed by atoms with Crippen molar-refractivity contribution >= 4 is 17.5 Å². The topological polar surface area (TPSA) is 86.3 Å². The predicted octanol–water partition coefficient (Wildman–Crippen LogP) is 1.16. The summed E-state index contributed by atoms with van der Waals surface area (Å²) in [6.45, 7) is 0.462. The fraction of sp³-hybridized carbons (Fsp3) is 0.250. The van der Waals surface area contributed by atoms with Gasteiger partial charge >= 0.3 is 6.09 Å². The van der Waals surface area contributed by atoms with Crippen molar-refractivity contribution in [2.75, 3.05) is 17.2 Å². The summed E-state index contributed by atoms with van der Waals surface area (Å²) in [5, 5.41) is 7.40. The van der Waals surface area contributed by atoms with Gasteiger partial charge in [0.1, 0.15) is 11.8 Å². The molecule has 1 amide bonds. The van der Waals surface area contributed by atoms with Crippen LogP contribution in [0.15, 0.2) is 24.5 Å². The highest BCUT2D eigenvalue weighted by molar-refractivity contribution is 5.90. The van der Waals surface area contributed by atoms with Gasteiger partial charge in [0.25, 0.3) is 0 Å². The first kappa shape index (κ1) is 13.3. The largest absolute Gasteiger partial charge is 0.442 e. The minimum Gasteiger partial charge on any atom is -0.442 e. The van der Waals surface area contributed by atoms with E-state index in [2.05, 4.69) is 10.3 Å². The van der Waals surface area contributed by atoms with Crippen molar-refractivity contribution in [2.45, 2.75) is 12.6 Å². The number of cyclic esters (lactones) is 1. The summed E-state index contributed by atoms with van der Waals surface area (Å²) in [6, 6.07) is 2.00. The molecule has 0 unspecified atom stereocenters. The van der Waals surface area contributed by atoms with E-state index in [-0.39, 0.29) is 12.2 Å². The van der Waals surface area contributed by atoms with Crippen LogP contribution in [0.25, 0.3) is 0 Å². The highest BCUT2D eigenvalue weighted by Crippen LogP contribution is 2.27. The number of anilines is 2. The van der Waals surface area contributed by atoms with E-state index < -0.39 is 29.5 Å². The summed E-state index contributed by atoms with van der Waals surface area (Å²) < 4.78 is 33.6. The number of ether oxygens (including phenoxy) is 1. The molecule has 1 aliphatic heterocycles. The maximum atomic E-state index is 13.5. The van der Waals surface area contributed by atoms with Crippen LogP contribution in [0.1, 0.15) is 0 Å². The number of hydrogen-bond acceptors (Lipinski definition) is 5. The van der Waals surface area contributed by atoms with Gasteiger partial charge in [0, 0.05) is 18.3 Å². The van der Waals surface area contributed by atoms with E-state index in [0.717, 1.165) is 17.0 Å². The van der Waals surface area contributed by atoms with Gasteiger partial charge in [-0.3, -0.25) is 4.90 Å². The van der Waals surface area contributed by atoms with Crippen LogP contribution in [0.3, 0.4) is 0 Å². The molecule has 1 aromatic carbocycles. The molecule has 2 heterocycles. The Balaban J connectivity index is 1.79. The Morgan fingerprint density at radius 3 is 2.71 bits per heavy atom. The predicted molar refractivity (Wildman–Crippen MR) is 68.4 cm³/mol. The Morgan fingerprint density at radius 1 is 1.38 bits per heavy atom. The van der Waals surface area contributed by atoms with E-state index >= 15 is 0 Å². The quantitative estimate of drug-likeness (QED) is 0.859. The number of nitrogen functional groups attached to an aromatic ring is 1. The molecule has 1 fully saturated rings. The average Bonchev–Trinajstić information content (AvgIpc) is 3.06. The van der Waals surface area contributed by atoms with Gasteiger partial charge in [0.2, 0.25) is 0 Å². The average molecular weight is 295 g/mol. The molecule has 0 spiro atoms. The summed E-state index contributed by atoms with van der Waals surface area (Å²) in [7, 11) is 0. The highest BCUT2D eigenvalue weighted by atomic mass is 19.1. The number of amides is 1. The summed E-state index contributed by atoms with van der Waals surface area (Å²) in [6.07, 6.45) is 1.96. The number of benzene rings is 1. The van der Waals surface area contributed by atoms with Gasteiger partial charge in [0.15, 0.2) is 11.6 Å². The molecule has 1 saturated heterocycles. The van der Waals surface area contributed by atoms with Crippen molar-refractivity contribution < 1.29 is 18.3 Å². The third-order valence-corrected chi connectivity index (χ3v) is 3.11. The monoisotopic (exact) mass is 295 g/mol. The van der Waals surface area contributed by atoms with Gasteiger partial charge in [-0.15, -0.1) is 5.10 Å². The van der Waals surface area contributed by atoms with Gasteiger partial charge in [-0.05, 0) is 0 Å². The van der Waals surface area contributed by atoms with Gasteiger partial charge in [-0.25, -0.2) is 18.3 Å². The summed E-state index contributed by atoms with van der Waals surface area (Å²) in [4.78, 5) is 12.9. The van der Waals surface area contributed by atoms with Crippen LogP contribution >= 0.6 is 0 Å². The van der Waals surface area contributed by atoms with Crippen molar-refractivity contribution in [3.63, 3.8) is 0 Å². The lowest BCUT2D eigenvalue weighted by Crippen LogP contribution is -2.26. The minimum atomic E-state index is -0.919. The Kier molecular flexibility index (Phi) is 3.16. The standard InChI is InChI=1S/C12H11F2N5O2/c13-9-3-7(4-10(14)11(9)15)19-6-8(21-12(19)20)5-18-2-1-16-17-18/h1-4,8H,5-6,15H2/t8-/m0/s1. The van der Waals surface area contributed by atoms with Crippen LogP contribution < -0.4 is 10.6 Å². The Bertz CT molecular complexity index is 653. The van der Waals surface area contributed by atoms with Crippen molar-refractivity contribution in [1.29, 1.82) is 0 Å². The number of nitrogens with two attached hydrogens (primary N) is 1. The first-order chi connectivity index (χ1) is 10.0. The fourth-order valence-electron chi connectivity index (χ4n) is 2.09. The molecule has 0 bridgehead atoms. The number of carbonyl (C=O) groups is 1. The van der Waals surface area contributed by atoms with Gasteiger partial charge in [-0.2, -0.15) is 0 Å². The van der Waals surface area contributed by atoms with Crippen molar-refractivity contribution in [2.24, 2.45) is 0 Å². The second-order valence-electron chi connectivity index (χ2n) is 4.56. The SMILES string of the molecule is Nc1c(F)cc(N2C[C@H](Cn3ccnn3)OC2=O)cc1F. The fourth-order valence-corrected chi connectivity index (χ4v) is 2.09. The summed E-state index contributed by atoms with van der Waals surface area (Å²) in [5.41, 5.74) is 4.68. The normalized spacial score (nSPS) is 18.1. The zero-order valence-corrected chi connectivity index (χ0v) is 10.7. The molecule has 2 N–H and O–H groups in total. The van der Waals surface area contributed by atoms with Gasteiger partial charge in [-0.1, -0.05) is 5.21 Å². The molecule has 7 nitrogen and oxygen atoms in total. The number of carbonyl (C=O) groups excluding carboxylic acids is 1. The lowest BCUT2D eigenvalue weighted by molar-refractivity contribution is 0.129. The van der Waals surface area contributed by atoms with Crippen LogP contribution in [0.4, 0.5) is 25.0 Å². The Labute approximate surface area is 117 Å². The van der Waals surface area contributed by atoms with Crippen LogP contribution in [0, 0.1) is 11.6 Å². The van der Waals surface area contributed by atoms with E-state index in [9.17, 15) is 13.6 Å². The van der Waals surface area contributed by atoms with Crippen molar-refractivity contribution in [1.82, 2.24) is 15.0 Å². The van der Waals surface area contributed by atoms with Crippen molar-refractivity contribution in [3.8, 4) is 0 Å². The molecule has 1 aliphatic rings. The number of nitrogens with zero attached hydrogens (tertiary/aromatic N) is 4. The molecule has 3 rings (SSSR count). The van der Waals surface area contributed by atoms with E-state index in [4.69, 9.17) is 10.5 Å². The third kappa shape index (κ3) is 2.49. The first-order valence-corrected chi connectivity index (χ1v) is 6.11. The highest BCUT2D eigenvalue weighted by Gasteiger charge is 2.33. The van der Waals surface area contributed by atoms with Crippen LogP contribution in [-0.4, -0.2) is 33.7 Å². The van der Waals surface area contributed by atoms with E-state index in [1.165, 1.54) is 10.9 Å². The minimum absolute atomic E-state index is 0.0605. The van der Waals surface area contributed by atoms with Gasteiger partial charge < -0.3 is 10.5 Å². The third-order valence-electron chi connectivity index (χ3n) is 3.11. The number of halogens is 2. The molecule has 110 valence electrons. The Morgan fingerprint density at radius 2 is 2.10 bits per heavy atom. The van der Waals surface area contributed by atoms with Crippen molar-refractivity contribution in [3.05, 3.63) is 36.2 Å². The zero-order chi connectivity index (χ0) is 15.0. The van der Waals surface area contributed by atoms with E-state index in [1.54, 1.807) is 6.20 Å². The zero-order valence-electron chi connectivity index (χ0n) is 10.7. The molecule has 9 heteroatoms. The second kappa shape index (κ2) is 5.00. The lowest BCUT2D eigenvalue weighted by Gasteiger charge is -2.14. The smallest absolute Gasteiger partial charge is 0.414 e. The van der Waals surface area contributed by atoms with E-state index in [1.807, 2.05) is 0 Å². The number of rotatable bonds is 3. The van der Waals surface area contributed by atoms with Gasteiger partial charge in [0.05, 0.1) is 25.0 Å². The van der Waals surface area contributed by atoms with Crippen LogP contribution in [0.2, 0.25) is 0 Å². The molecule has 2 aromatic rings. The number of hydrogen-bond donors (Lipinski definition) is 1. The van der Waals surface area contributed by atoms with Crippen LogP contribution in [0.5, 0.6) is 0 Å². The molecule has 0 saturated carbocycles. The molecule has 0 aliphatic carbocycles. The molecular formula is C12H11F2N5O2. The maximum absolute atomic E-state index is 13.5.